The number of rotatable bonds is 8. The first kappa shape index (κ1) is 23.1. The van der Waals surface area contributed by atoms with E-state index in [2.05, 4.69) is 10.6 Å². The summed E-state index contributed by atoms with van der Waals surface area (Å²) in [5.41, 5.74) is 1.10. The predicted octanol–water partition coefficient (Wildman–Crippen LogP) is 2.94. The summed E-state index contributed by atoms with van der Waals surface area (Å²) in [5, 5.41) is 5.34. The van der Waals surface area contributed by atoms with Crippen molar-refractivity contribution in [1.82, 2.24) is 9.62 Å². The topological polar surface area (TPSA) is 95.6 Å². The van der Waals surface area contributed by atoms with E-state index < -0.39 is 40.2 Å². The molecule has 1 unspecified atom stereocenters. The lowest BCUT2D eigenvalue weighted by atomic mass is 10.1. The molecule has 9 heteroatoms. The molecule has 166 valence electrons. The van der Waals surface area contributed by atoms with Gasteiger partial charge in [0, 0.05) is 12.7 Å². The van der Waals surface area contributed by atoms with Gasteiger partial charge >= 0.3 is 0 Å². The second-order valence-corrected chi connectivity index (χ2v) is 9.03. The third kappa shape index (κ3) is 5.77. The molecule has 0 aliphatic heterocycles. The first-order chi connectivity index (χ1) is 15.3. The molecule has 0 heterocycles. The van der Waals surface area contributed by atoms with E-state index in [-0.39, 0.29) is 4.90 Å². The summed E-state index contributed by atoms with van der Waals surface area (Å²) < 4.78 is 39.3. The van der Waals surface area contributed by atoms with E-state index in [4.69, 9.17) is 0 Å². The lowest BCUT2D eigenvalue weighted by Gasteiger charge is -2.21. The normalized spacial score (nSPS) is 12.2. The highest BCUT2D eigenvalue weighted by Gasteiger charge is 2.27. The smallest absolute Gasteiger partial charge is 0.251 e. The largest absolute Gasteiger partial charge is 0.339 e. The molecule has 2 N–H and O–H groups in total. The molecule has 0 bridgehead atoms. The summed E-state index contributed by atoms with van der Waals surface area (Å²) in [6.07, 6.45) is 0. The summed E-state index contributed by atoms with van der Waals surface area (Å²) in [5.74, 6) is -1.71. The minimum atomic E-state index is -4.01. The minimum absolute atomic E-state index is 0.143. The van der Waals surface area contributed by atoms with Crippen LogP contribution in [0.5, 0.6) is 0 Å². The van der Waals surface area contributed by atoms with Crippen LogP contribution in [0.25, 0.3) is 0 Å². The number of para-hydroxylation sites is 1. The molecule has 3 rings (SSSR count). The van der Waals surface area contributed by atoms with Crippen LogP contribution in [0.2, 0.25) is 0 Å². The molecule has 1 atom stereocenters. The summed E-state index contributed by atoms with van der Waals surface area (Å²) in [4.78, 5) is 25.4. The van der Waals surface area contributed by atoms with Crippen LogP contribution in [-0.2, 0) is 19.6 Å². The minimum Gasteiger partial charge on any atom is -0.339 e. The van der Waals surface area contributed by atoms with E-state index in [0.717, 1.165) is 28.6 Å². The van der Waals surface area contributed by atoms with Gasteiger partial charge in [0.25, 0.3) is 5.91 Å². The van der Waals surface area contributed by atoms with Crippen molar-refractivity contribution >= 4 is 27.5 Å². The molecular formula is C23H22FN3O4S. The Morgan fingerprint density at radius 2 is 1.47 bits per heavy atom. The average Bonchev–Trinajstić information content (AvgIpc) is 2.79. The molecule has 2 amide bonds. The number of anilines is 1. The zero-order valence-corrected chi connectivity index (χ0v) is 18.1. The summed E-state index contributed by atoms with van der Waals surface area (Å²) in [7, 11) is -2.78. The van der Waals surface area contributed by atoms with Crippen LogP contribution in [0.3, 0.4) is 0 Å². The number of likely N-dealkylation sites (N-methyl/N-ethyl adjacent to an activating group) is 1. The van der Waals surface area contributed by atoms with Crippen molar-refractivity contribution in [3.8, 4) is 0 Å². The molecule has 0 fully saturated rings. The van der Waals surface area contributed by atoms with Crippen molar-refractivity contribution in [3.63, 3.8) is 0 Å². The summed E-state index contributed by atoms with van der Waals surface area (Å²) in [6.45, 7) is -0.526. The summed E-state index contributed by atoms with van der Waals surface area (Å²) in [6, 6.07) is 20.7. The number of hydrogen-bond acceptors (Lipinski definition) is 4. The van der Waals surface area contributed by atoms with Crippen molar-refractivity contribution < 1.29 is 22.4 Å². The molecule has 3 aromatic rings. The fourth-order valence-electron chi connectivity index (χ4n) is 2.96. The van der Waals surface area contributed by atoms with Gasteiger partial charge in [0.2, 0.25) is 15.9 Å². The lowest BCUT2D eigenvalue weighted by Crippen LogP contribution is -2.43. The van der Waals surface area contributed by atoms with Crippen molar-refractivity contribution in [3.05, 3.63) is 96.3 Å². The maximum atomic E-state index is 13.1. The molecule has 0 aliphatic carbocycles. The molecule has 0 aromatic heterocycles. The molecule has 0 saturated heterocycles. The van der Waals surface area contributed by atoms with Gasteiger partial charge in [-0.2, -0.15) is 4.31 Å². The number of sulfonamides is 1. The van der Waals surface area contributed by atoms with Gasteiger partial charge in [-0.15, -0.1) is 0 Å². The molecule has 0 spiro atoms. The Kier molecular flexibility index (Phi) is 7.34. The zero-order valence-electron chi connectivity index (χ0n) is 17.2. The van der Waals surface area contributed by atoms with E-state index in [1.807, 2.05) is 6.07 Å². The Morgan fingerprint density at radius 3 is 2.06 bits per heavy atom. The van der Waals surface area contributed by atoms with Crippen LogP contribution in [0, 0.1) is 5.82 Å². The zero-order chi connectivity index (χ0) is 23.1. The maximum absolute atomic E-state index is 13.1. The molecular weight excluding hydrogens is 433 g/mol. The SMILES string of the molecule is CN(CC(=O)NC(C(=O)Nc1ccccc1)c1ccccc1)S(=O)(=O)c1ccc(F)cc1. The highest BCUT2D eigenvalue weighted by atomic mass is 32.2. The first-order valence-corrected chi connectivity index (χ1v) is 11.1. The number of nitrogens with one attached hydrogen (secondary N) is 2. The fourth-order valence-corrected chi connectivity index (χ4v) is 4.09. The van der Waals surface area contributed by atoms with Crippen LogP contribution >= 0.6 is 0 Å². The molecule has 7 nitrogen and oxygen atoms in total. The molecule has 3 aromatic carbocycles. The standard InChI is InChI=1S/C23H22FN3O4S/c1-27(32(30,31)20-14-12-18(24)13-15-20)16-21(28)26-22(17-8-4-2-5-9-17)23(29)25-19-10-6-3-7-11-19/h2-15,22H,16H2,1H3,(H,25,29)(H,26,28). The number of carbonyl (C=O) groups is 2. The Bertz CT molecular complexity index is 1170. The van der Waals surface area contributed by atoms with E-state index >= 15 is 0 Å². The van der Waals surface area contributed by atoms with Gasteiger partial charge in [0.05, 0.1) is 11.4 Å². The Balaban J connectivity index is 1.74. The van der Waals surface area contributed by atoms with E-state index in [1.165, 1.54) is 7.05 Å². The molecule has 0 aliphatic rings. The Hall–Kier alpha value is -3.56. The average molecular weight is 456 g/mol. The highest BCUT2D eigenvalue weighted by molar-refractivity contribution is 7.89. The number of halogens is 1. The second kappa shape index (κ2) is 10.2. The Morgan fingerprint density at radius 1 is 0.906 bits per heavy atom. The van der Waals surface area contributed by atoms with E-state index in [0.29, 0.717) is 11.3 Å². The molecule has 32 heavy (non-hydrogen) atoms. The third-order valence-electron chi connectivity index (χ3n) is 4.63. The number of benzene rings is 3. The van der Waals surface area contributed by atoms with Gasteiger partial charge < -0.3 is 10.6 Å². The number of nitrogens with zero attached hydrogens (tertiary/aromatic N) is 1. The van der Waals surface area contributed by atoms with Crippen LogP contribution in [0.4, 0.5) is 10.1 Å². The van der Waals surface area contributed by atoms with Crippen LogP contribution in [-0.4, -0.2) is 38.1 Å². The maximum Gasteiger partial charge on any atom is 0.251 e. The lowest BCUT2D eigenvalue weighted by molar-refractivity contribution is -0.126. The number of amides is 2. The van der Waals surface area contributed by atoms with Gasteiger partial charge in [-0.05, 0) is 42.0 Å². The van der Waals surface area contributed by atoms with E-state index in [1.54, 1.807) is 54.6 Å². The van der Waals surface area contributed by atoms with Crippen LogP contribution in [0.15, 0.2) is 89.8 Å². The van der Waals surface area contributed by atoms with Crippen molar-refractivity contribution in [1.29, 1.82) is 0 Å². The van der Waals surface area contributed by atoms with Gasteiger partial charge in [-0.1, -0.05) is 48.5 Å². The fraction of sp³-hybridized carbons (Fsp3) is 0.130. The van der Waals surface area contributed by atoms with Crippen LogP contribution < -0.4 is 10.6 Å². The van der Waals surface area contributed by atoms with Gasteiger partial charge in [0.15, 0.2) is 0 Å². The summed E-state index contributed by atoms with van der Waals surface area (Å²) >= 11 is 0. The van der Waals surface area contributed by atoms with Crippen LogP contribution in [0.1, 0.15) is 11.6 Å². The molecule has 0 radical (unpaired) electrons. The van der Waals surface area contributed by atoms with Crippen molar-refractivity contribution in [2.75, 3.05) is 18.9 Å². The number of hydrogen-bond donors (Lipinski definition) is 2. The highest BCUT2D eigenvalue weighted by Crippen LogP contribution is 2.18. The predicted molar refractivity (Wildman–Crippen MR) is 119 cm³/mol. The number of carbonyl (C=O) groups excluding carboxylic acids is 2. The monoisotopic (exact) mass is 455 g/mol. The van der Waals surface area contributed by atoms with Gasteiger partial charge in [0.1, 0.15) is 11.9 Å². The van der Waals surface area contributed by atoms with Gasteiger partial charge in [-0.25, -0.2) is 12.8 Å². The van der Waals surface area contributed by atoms with Crippen molar-refractivity contribution in [2.45, 2.75) is 10.9 Å². The van der Waals surface area contributed by atoms with E-state index in [9.17, 15) is 22.4 Å². The third-order valence-corrected chi connectivity index (χ3v) is 6.45. The Labute approximate surface area is 185 Å². The second-order valence-electron chi connectivity index (χ2n) is 6.98. The quantitative estimate of drug-likeness (QED) is 0.546. The van der Waals surface area contributed by atoms with Crippen molar-refractivity contribution in [2.24, 2.45) is 0 Å². The first-order valence-electron chi connectivity index (χ1n) is 9.69. The van der Waals surface area contributed by atoms with Gasteiger partial charge in [-0.3, -0.25) is 9.59 Å². The molecule has 0 saturated carbocycles.